The van der Waals surface area contributed by atoms with E-state index < -0.39 is 0 Å². The number of carbonyl (C=O) groups excluding carboxylic acids is 1. The molecule has 2 aliphatic rings. The largest absolute Gasteiger partial charge is 0.463 e. The number of carbonyl (C=O) groups is 1. The van der Waals surface area contributed by atoms with E-state index in [1.807, 2.05) is 24.3 Å². The molecule has 5 heteroatoms. The molecule has 1 aromatic carbocycles. The van der Waals surface area contributed by atoms with Gasteiger partial charge in [0.15, 0.2) is 0 Å². The van der Waals surface area contributed by atoms with Crippen LogP contribution in [0.1, 0.15) is 36.0 Å². The van der Waals surface area contributed by atoms with Gasteiger partial charge in [-0.25, -0.2) is 0 Å². The van der Waals surface area contributed by atoms with Gasteiger partial charge in [0.05, 0.1) is 5.56 Å². The summed E-state index contributed by atoms with van der Waals surface area (Å²) in [6, 6.07) is 9.11. The number of hydrogen-bond acceptors (Lipinski definition) is 3. The Balaban J connectivity index is 0.00000132. The van der Waals surface area contributed by atoms with Crippen LogP contribution in [0.4, 0.5) is 0 Å². The first-order valence-electron chi connectivity index (χ1n) is 7.33. The Morgan fingerprint density at radius 2 is 1.90 bits per heavy atom. The van der Waals surface area contributed by atoms with Crippen LogP contribution in [0.5, 0.6) is 0 Å². The van der Waals surface area contributed by atoms with E-state index in [9.17, 15) is 4.79 Å². The molecular weight excluding hydrogens is 288 g/mol. The number of fused-ring (bicyclic) bond motifs is 3. The van der Waals surface area contributed by atoms with E-state index in [2.05, 4.69) is 10.6 Å². The molecule has 2 fully saturated rings. The maximum Gasteiger partial charge on any atom is 0.255 e. The molecule has 21 heavy (non-hydrogen) atoms. The van der Waals surface area contributed by atoms with Crippen LogP contribution < -0.4 is 10.6 Å². The fourth-order valence-corrected chi connectivity index (χ4v) is 3.59. The van der Waals surface area contributed by atoms with Crippen molar-refractivity contribution in [3.8, 4) is 0 Å². The molecule has 2 N–H and O–H groups in total. The lowest BCUT2D eigenvalue weighted by Gasteiger charge is -2.29. The number of piperidine rings is 1. The third-order valence-corrected chi connectivity index (χ3v) is 4.53. The summed E-state index contributed by atoms with van der Waals surface area (Å²) in [7, 11) is 0. The molecule has 0 saturated carbocycles. The predicted octanol–water partition coefficient (Wildman–Crippen LogP) is 2.87. The second-order valence-corrected chi connectivity index (χ2v) is 5.93. The van der Waals surface area contributed by atoms with Crippen LogP contribution in [0.25, 0.3) is 11.0 Å². The molecule has 0 spiro atoms. The van der Waals surface area contributed by atoms with Gasteiger partial charge in [0.1, 0.15) is 11.8 Å². The number of furan rings is 1. The molecule has 2 unspecified atom stereocenters. The normalized spacial score (nSPS) is 27.3. The summed E-state index contributed by atoms with van der Waals surface area (Å²) in [6.07, 6.45) is 6.13. The molecule has 4 nitrogen and oxygen atoms in total. The van der Waals surface area contributed by atoms with Gasteiger partial charge in [0.25, 0.3) is 5.91 Å². The van der Waals surface area contributed by atoms with Crippen molar-refractivity contribution in [2.45, 2.75) is 43.8 Å². The highest BCUT2D eigenvalue weighted by Gasteiger charge is 2.34. The zero-order valence-corrected chi connectivity index (χ0v) is 12.5. The molecule has 1 aromatic heterocycles. The highest BCUT2D eigenvalue weighted by Crippen LogP contribution is 2.27. The fraction of sp³-hybridized carbons (Fsp3) is 0.438. The number of benzene rings is 1. The number of amides is 1. The highest BCUT2D eigenvalue weighted by molar-refractivity contribution is 6.05. The number of para-hydroxylation sites is 1. The van der Waals surface area contributed by atoms with Crippen LogP contribution in [0, 0.1) is 0 Å². The van der Waals surface area contributed by atoms with Crippen LogP contribution >= 0.6 is 12.4 Å². The Kier molecular flexibility index (Phi) is 3.91. The Morgan fingerprint density at radius 1 is 1.19 bits per heavy atom. The van der Waals surface area contributed by atoms with Crippen LogP contribution in [0.15, 0.2) is 34.9 Å². The van der Waals surface area contributed by atoms with Crippen molar-refractivity contribution in [1.82, 2.24) is 10.6 Å². The van der Waals surface area contributed by atoms with Gasteiger partial charge in [0, 0.05) is 23.5 Å². The lowest BCUT2D eigenvalue weighted by atomic mass is 9.99. The zero-order chi connectivity index (χ0) is 13.5. The summed E-state index contributed by atoms with van der Waals surface area (Å²) in [5.41, 5.74) is 1.41. The molecule has 0 radical (unpaired) electrons. The average molecular weight is 307 g/mol. The number of nitrogens with one attached hydrogen (secondary N) is 2. The minimum absolute atomic E-state index is 0. The lowest BCUT2D eigenvalue weighted by molar-refractivity contribution is 0.0925. The summed E-state index contributed by atoms with van der Waals surface area (Å²) in [4.78, 5) is 12.4. The first kappa shape index (κ1) is 14.4. The average Bonchev–Trinajstić information content (AvgIpc) is 3.02. The minimum atomic E-state index is -0.0127. The molecule has 112 valence electrons. The van der Waals surface area contributed by atoms with Crippen LogP contribution in [-0.4, -0.2) is 24.0 Å². The Labute approximate surface area is 129 Å². The first-order valence-corrected chi connectivity index (χ1v) is 7.33. The van der Waals surface area contributed by atoms with Crippen molar-refractivity contribution >= 4 is 29.3 Å². The van der Waals surface area contributed by atoms with Gasteiger partial charge in [-0.05, 0) is 31.7 Å². The lowest BCUT2D eigenvalue weighted by Crippen LogP contribution is -2.48. The predicted molar refractivity (Wildman–Crippen MR) is 83.9 cm³/mol. The van der Waals surface area contributed by atoms with Crippen molar-refractivity contribution in [2.75, 3.05) is 0 Å². The summed E-state index contributed by atoms with van der Waals surface area (Å²) in [5.74, 6) is -0.0127. The van der Waals surface area contributed by atoms with Gasteiger partial charge in [-0.1, -0.05) is 18.2 Å². The Bertz CT molecular complexity index is 643. The second-order valence-electron chi connectivity index (χ2n) is 5.93. The van der Waals surface area contributed by atoms with E-state index in [-0.39, 0.29) is 24.4 Å². The first-order chi connectivity index (χ1) is 9.79. The summed E-state index contributed by atoms with van der Waals surface area (Å²) in [5, 5.41) is 7.65. The molecule has 2 bridgehead atoms. The molecular formula is C16H19ClN2O2. The molecule has 0 aliphatic carbocycles. The Hall–Kier alpha value is -1.52. The maximum absolute atomic E-state index is 12.4. The zero-order valence-electron chi connectivity index (χ0n) is 11.7. The third-order valence-electron chi connectivity index (χ3n) is 4.53. The van der Waals surface area contributed by atoms with Crippen LogP contribution in [0.2, 0.25) is 0 Å². The van der Waals surface area contributed by atoms with Crippen molar-refractivity contribution < 1.29 is 9.21 Å². The van der Waals surface area contributed by atoms with E-state index in [4.69, 9.17) is 4.42 Å². The number of hydrogen-bond donors (Lipinski definition) is 2. The van der Waals surface area contributed by atoms with Crippen molar-refractivity contribution in [3.63, 3.8) is 0 Å². The fourth-order valence-electron chi connectivity index (χ4n) is 3.59. The standard InChI is InChI=1S/C16H18N2O2.ClH/c19-16(14-9-20-15-4-2-1-3-13(14)15)18-12-7-10-5-6-11(8-12)17-10;/h1-4,9-12,17H,5-8H2,(H,18,19);1H. The molecule has 3 heterocycles. The highest BCUT2D eigenvalue weighted by atomic mass is 35.5. The van der Waals surface area contributed by atoms with Crippen molar-refractivity contribution in [1.29, 1.82) is 0 Å². The van der Waals surface area contributed by atoms with E-state index in [0.29, 0.717) is 17.6 Å². The topological polar surface area (TPSA) is 54.3 Å². The van der Waals surface area contributed by atoms with Crippen LogP contribution in [-0.2, 0) is 0 Å². The van der Waals surface area contributed by atoms with Gasteiger partial charge < -0.3 is 15.1 Å². The molecule has 2 aliphatic heterocycles. The van der Waals surface area contributed by atoms with Gasteiger partial charge in [-0.15, -0.1) is 12.4 Å². The summed E-state index contributed by atoms with van der Waals surface area (Å²) in [6.45, 7) is 0. The van der Waals surface area contributed by atoms with E-state index in [0.717, 1.165) is 23.8 Å². The van der Waals surface area contributed by atoms with Gasteiger partial charge in [0.2, 0.25) is 0 Å². The monoisotopic (exact) mass is 306 g/mol. The SMILES string of the molecule is Cl.O=C(NC1CC2CCC(C1)N2)c1coc2ccccc12. The Morgan fingerprint density at radius 3 is 2.67 bits per heavy atom. The van der Waals surface area contributed by atoms with Gasteiger partial charge in [-0.3, -0.25) is 4.79 Å². The molecule has 2 atom stereocenters. The van der Waals surface area contributed by atoms with Crippen LogP contribution in [0.3, 0.4) is 0 Å². The summed E-state index contributed by atoms with van der Waals surface area (Å²) >= 11 is 0. The third kappa shape index (κ3) is 2.65. The quantitative estimate of drug-likeness (QED) is 0.897. The smallest absolute Gasteiger partial charge is 0.255 e. The van der Waals surface area contributed by atoms with Crippen molar-refractivity contribution in [3.05, 3.63) is 36.1 Å². The van der Waals surface area contributed by atoms with Crippen molar-refractivity contribution in [2.24, 2.45) is 0 Å². The van der Waals surface area contributed by atoms with Gasteiger partial charge in [-0.2, -0.15) is 0 Å². The van der Waals surface area contributed by atoms with E-state index >= 15 is 0 Å². The minimum Gasteiger partial charge on any atom is -0.463 e. The van der Waals surface area contributed by atoms with E-state index in [1.165, 1.54) is 12.8 Å². The molecule has 2 aromatic rings. The maximum atomic E-state index is 12.4. The summed E-state index contributed by atoms with van der Waals surface area (Å²) < 4.78 is 5.44. The number of rotatable bonds is 2. The number of halogens is 1. The second kappa shape index (κ2) is 5.70. The molecule has 2 saturated heterocycles. The van der Waals surface area contributed by atoms with Gasteiger partial charge >= 0.3 is 0 Å². The molecule has 4 rings (SSSR count). The van der Waals surface area contributed by atoms with E-state index in [1.54, 1.807) is 6.26 Å². The molecule has 1 amide bonds.